The molecule has 0 aliphatic carbocycles. The molecule has 140 valence electrons. The quantitative estimate of drug-likeness (QED) is 0.659. The lowest BCUT2D eigenvalue weighted by atomic mass is 10.1. The first-order valence-electron chi connectivity index (χ1n) is 8.81. The molecule has 2 aromatic carbocycles. The van der Waals surface area contributed by atoms with E-state index >= 15 is 0 Å². The van der Waals surface area contributed by atoms with Gasteiger partial charge in [-0.3, -0.25) is 4.79 Å². The molecule has 1 aliphatic rings. The van der Waals surface area contributed by atoms with Crippen molar-refractivity contribution in [2.24, 2.45) is 0 Å². The minimum atomic E-state index is 0.146. The van der Waals surface area contributed by atoms with E-state index in [2.05, 4.69) is 16.9 Å². The van der Waals surface area contributed by atoms with Crippen molar-refractivity contribution in [3.63, 3.8) is 0 Å². The summed E-state index contributed by atoms with van der Waals surface area (Å²) in [5.41, 5.74) is 2.86. The highest BCUT2D eigenvalue weighted by Gasteiger charge is 2.19. The van der Waals surface area contributed by atoms with Crippen LogP contribution >= 0.6 is 23.2 Å². The molecule has 0 radical (unpaired) electrons. The van der Waals surface area contributed by atoms with Gasteiger partial charge in [0, 0.05) is 36.8 Å². The molecule has 1 aliphatic heterocycles. The monoisotopic (exact) mass is 403 g/mol. The third kappa shape index (κ3) is 3.95. The molecule has 2 heterocycles. The van der Waals surface area contributed by atoms with Crippen LogP contribution in [0, 0.1) is 0 Å². The number of piperazine rings is 1. The zero-order valence-electron chi connectivity index (χ0n) is 14.9. The fourth-order valence-corrected chi connectivity index (χ4v) is 3.76. The molecular weight excluding hydrogens is 385 g/mol. The van der Waals surface area contributed by atoms with Crippen LogP contribution in [-0.4, -0.2) is 53.9 Å². The van der Waals surface area contributed by atoms with Crippen molar-refractivity contribution in [3.8, 4) is 11.5 Å². The zero-order chi connectivity index (χ0) is 19.0. The summed E-state index contributed by atoms with van der Waals surface area (Å²) in [5, 5.41) is 0.941. The molecule has 0 spiro atoms. The number of halogens is 2. The van der Waals surface area contributed by atoms with Crippen LogP contribution in [-0.2, 0) is 11.2 Å². The molecule has 0 saturated carbocycles. The van der Waals surface area contributed by atoms with Gasteiger partial charge >= 0.3 is 0 Å². The molecule has 1 amide bonds. The molecule has 1 aromatic heterocycles. The summed E-state index contributed by atoms with van der Waals surface area (Å²) < 4.78 is 5.83. The first-order valence-corrected chi connectivity index (χ1v) is 9.56. The lowest BCUT2D eigenvalue weighted by Crippen LogP contribution is -2.47. The number of oxazole rings is 1. The van der Waals surface area contributed by atoms with Gasteiger partial charge in [-0.05, 0) is 36.9 Å². The van der Waals surface area contributed by atoms with E-state index in [1.807, 2.05) is 29.2 Å². The number of hydrogen-bond acceptors (Lipinski definition) is 4. The third-order valence-electron chi connectivity index (χ3n) is 4.79. The summed E-state index contributed by atoms with van der Waals surface area (Å²) in [6, 6.07) is 11.1. The number of carbonyl (C=O) groups excluding carboxylic acids is 1. The molecule has 3 aromatic rings. The van der Waals surface area contributed by atoms with Crippen LogP contribution in [0.5, 0.6) is 0 Å². The normalized spacial score (nSPS) is 15.4. The fraction of sp³-hybridized carbons (Fsp3) is 0.300. The Labute approximate surface area is 167 Å². The number of nitrogens with zero attached hydrogens (tertiary/aromatic N) is 3. The lowest BCUT2D eigenvalue weighted by molar-refractivity contribution is -0.132. The van der Waals surface area contributed by atoms with Gasteiger partial charge < -0.3 is 14.2 Å². The number of benzene rings is 2. The minimum absolute atomic E-state index is 0.146. The summed E-state index contributed by atoms with van der Waals surface area (Å²) in [7, 11) is 2.07. The van der Waals surface area contributed by atoms with E-state index in [0.717, 1.165) is 37.3 Å². The van der Waals surface area contributed by atoms with Crippen LogP contribution in [0.15, 0.2) is 40.8 Å². The van der Waals surface area contributed by atoms with Gasteiger partial charge in [0.15, 0.2) is 5.58 Å². The van der Waals surface area contributed by atoms with Crippen LogP contribution in [0.1, 0.15) is 5.56 Å². The van der Waals surface area contributed by atoms with Gasteiger partial charge in [-0.15, -0.1) is 0 Å². The van der Waals surface area contributed by atoms with E-state index in [0.29, 0.717) is 33.5 Å². The number of aromatic nitrogens is 1. The van der Waals surface area contributed by atoms with Crippen molar-refractivity contribution in [1.82, 2.24) is 14.8 Å². The van der Waals surface area contributed by atoms with Gasteiger partial charge in [0.1, 0.15) is 5.52 Å². The largest absolute Gasteiger partial charge is 0.435 e. The van der Waals surface area contributed by atoms with E-state index in [1.54, 1.807) is 12.1 Å². The third-order valence-corrected chi connectivity index (χ3v) is 5.29. The van der Waals surface area contributed by atoms with E-state index in [9.17, 15) is 4.79 Å². The molecule has 0 N–H and O–H groups in total. The Balaban J connectivity index is 1.56. The average Bonchev–Trinajstić information content (AvgIpc) is 3.07. The minimum Gasteiger partial charge on any atom is -0.435 e. The molecule has 0 bridgehead atoms. The lowest BCUT2D eigenvalue weighted by Gasteiger charge is -2.32. The highest BCUT2D eigenvalue weighted by atomic mass is 35.5. The predicted octanol–water partition coefficient (Wildman–Crippen LogP) is 4.12. The number of fused-ring (bicyclic) bond motifs is 1. The maximum Gasteiger partial charge on any atom is 0.227 e. The van der Waals surface area contributed by atoms with Gasteiger partial charge in [-0.25, -0.2) is 4.98 Å². The van der Waals surface area contributed by atoms with Gasteiger partial charge in [0.2, 0.25) is 11.8 Å². The van der Waals surface area contributed by atoms with Gasteiger partial charge in [0.05, 0.1) is 11.4 Å². The molecule has 5 nitrogen and oxygen atoms in total. The Kier molecular flexibility index (Phi) is 5.08. The van der Waals surface area contributed by atoms with Gasteiger partial charge in [-0.1, -0.05) is 35.3 Å². The van der Waals surface area contributed by atoms with Crippen LogP contribution < -0.4 is 0 Å². The molecule has 7 heteroatoms. The summed E-state index contributed by atoms with van der Waals surface area (Å²) >= 11 is 12.2. The number of carbonyl (C=O) groups is 1. The molecule has 0 atom stereocenters. The van der Waals surface area contributed by atoms with Crippen molar-refractivity contribution < 1.29 is 9.21 Å². The first kappa shape index (κ1) is 18.3. The van der Waals surface area contributed by atoms with Crippen LogP contribution in [0.4, 0.5) is 0 Å². The maximum atomic E-state index is 12.6. The molecule has 1 fully saturated rings. The second-order valence-corrected chi connectivity index (χ2v) is 7.66. The molecular formula is C20H19Cl2N3O2. The molecule has 27 heavy (non-hydrogen) atoms. The molecule has 1 saturated heterocycles. The predicted molar refractivity (Wildman–Crippen MR) is 107 cm³/mol. The SMILES string of the molecule is CN1CCN(C(=O)Cc2cccc(-c3nc4cc(Cl)cc(Cl)c4o3)c2)CC1. The Morgan fingerprint density at radius 3 is 2.70 bits per heavy atom. The summed E-state index contributed by atoms with van der Waals surface area (Å²) in [5.74, 6) is 0.607. The standard InChI is InChI=1S/C20H19Cl2N3O2/c1-24-5-7-25(8-6-24)18(26)10-13-3-2-4-14(9-13)20-23-17-12-15(21)11-16(22)19(17)27-20/h2-4,9,11-12H,5-8,10H2,1H3. The number of amides is 1. The Hall–Kier alpha value is -2.08. The van der Waals surface area contributed by atoms with Gasteiger partial charge in [0.25, 0.3) is 0 Å². The van der Waals surface area contributed by atoms with Gasteiger partial charge in [-0.2, -0.15) is 0 Å². The van der Waals surface area contributed by atoms with Crippen molar-refractivity contribution in [2.75, 3.05) is 33.2 Å². The zero-order valence-corrected chi connectivity index (χ0v) is 16.4. The van der Waals surface area contributed by atoms with Crippen LogP contribution in [0.3, 0.4) is 0 Å². The molecule has 4 rings (SSSR count). The first-order chi connectivity index (χ1) is 13.0. The van der Waals surface area contributed by atoms with Crippen molar-refractivity contribution in [3.05, 3.63) is 52.0 Å². The van der Waals surface area contributed by atoms with Crippen LogP contribution in [0.2, 0.25) is 10.0 Å². The second kappa shape index (κ2) is 7.50. The topological polar surface area (TPSA) is 49.6 Å². The fourth-order valence-electron chi connectivity index (χ4n) is 3.24. The van der Waals surface area contributed by atoms with Crippen molar-refractivity contribution in [1.29, 1.82) is 0 Å². The molecule has 0 unspecified atom stereocenters. The number of likely N-dealkylation sites (N-methyl/N-ethyl adjacent to an activating group) is 1. The smallest absolute Gasteiger partial charge is 0.227 e. The summed E-state index contributed by atoms with van der Waals surface area (Å²) in [6.07, 6.45) is 0.365. The number of rotatable bonds is 3. The van der Waals surface area contributed by atoms with E-state index in [-0.39, 0.29) is 5.91 Å². The van der Waals surface area contributed by atoms with Crippen molar-refractivity contribution >= 4 is 40.2 Å². The Morgan fingerprint density at radius 1 is 1.15 bits per heavy atom. The van der Waals surface area contributed by atoms with Crippen molar-refractivity contribution in [2.45, 2.75) is 6.42 Å². The van der Waals surface area contributed by atoms with Crippen LogP contribution in [0.25, 0.3) is 22.6 Å². The summed E-state index contributed by atoms with van der Waals surface area (Å²) in [6.45, 7) is 3.38. The maximum absolute atomic E-state index is 12.6. The highest BCUT2D eigenvalue weighted by molar-refractivity contribution is 6.38. The Morgan fingerprint density at radius 2 is 1.93 bits per heavy atom. The van der Waals surface area contributed by atoms with E-state index in [4.69, 9.17) is 27.6 Å². The van der Waals surface area contributed by atoms with E-state index in [1.165, 1.54) is 0 Å². The van der Waals surface area contributed by atoms with E-state index < -0.39 is 0 Å². The second-order valence-electron chi connectivity index (χ2n) is 6.82. The Bertz CT molecular complexity index is 994. The highest BCUT2D eigenvalue weighted by Crippen LogP contribution is 2.32. The number of hydrogen-bond donors (Lipinski definition) is 0. The average molecular weight is 404 g/mol. The summed E-state index contributed by atoms with van der Waals surface area (Å²) in [4.78, 5) is 21.2.